The van der Waals surface area contributed by atoms with Crippen LogP contribution in [0, 0.1) is 5.92 Å². The third-order valence-corrected chi connectivity index (χ3v) is 10.00. The predicted molar refractivity (Wildman–Crippen MR) is 138 cm³/mol. The molecule has 1 rings (SSSR count). The summed E-state index contributed by atoms with van der Waals surface area (Å²) in [5.74, 6) is 1.77. The predicted octanol–water partition coefficient (Wildman–Crippen LogP) is 0.935. The van der Waals surface area contributed by atoms with Crippen LogP contribution in [0.15, 0.2) is 0 Å². The van der Waals surface area contributed by atoms with Crippen molar-refractivity contribution in [1.29, 1.82) is 0 Å². The normalized spacial score (nSPS) is 28.5. The highest BCUT2D eigenvalue weighted by Gasteiger charge is 2.44. The molecule has 1 fully saturated rings. The lowest BCUT2D eigenvalue weighted by atomic mass is 9.90. The monoisotopic (exact) mass is 526 g/mol. The summed E-state index contributed by atoms with van der Waals surface area (Å²) >= 11 is 0. The highest BCUT2D eigenvalue weighted by molar-refractivity contribution is 8.32. The lowest BCUT2D eigenvalue weighted by molar-refractivity contribution is -0.304. The van der Waals surface area contributed by atoms with Crippen LogP contribution in [0.1, 0.15) is 65.2 Å². The third kappa shape index (κ3) is 11.3. The number of Topliss-reactive ketones (excluding diaryl/α,β-unsaturated/α-hetero) is 1. The summed E-state index contributed by atoms with van der Waals surface area (Å²) < 4.78 is 10.9. The Balaban J connectivity index is 2.53. The van der Waals surface area contributed by atoms with E-state index in [-0.39, 0.29) is 18.8 Å². The smallest absolute Gasteiger partial charge is 0.186 e. The van der Waals surface area contributed by atoms with Crippen LogP contribution in [0.5, 0.6) is 0 Å². The number of hydrogen-bond donors (Lipinski definition) is 6. The van der Waals surface area contributed by atoms with Crippen molar-refractivity contribution in [2.24, 2.45) is 5.92 Å². The Labute approximate surface area is 212 Å². The molecule has 1 heterocycles. The van der Waals surface area contributed by atoms with E-state index in [4.69, 9.17) is 9.47 Å². The first-order valence-corrected chi connectivity index (χ1v) is 15.7. The van der Waals surface area contributed by atoms with Gasteiger partial charge in [0.1, 0.15) is 30.2 Å². The first-order valence-electron chi connectivity index (χ1n) is 13.0. The second-order valence-electron chi connectivity index (χ2n) is 10.3. The molecule has 1 aliphatic heterocycles. The first kappa shape index (κ1) is 32.7. The highest BCUT2D eigenvalue weighted by Crippen LogP contribution is 2.39. The number of rotatable bonds is 18. The zero-order chi connectivity index (χ0) is 26.6. The van der Waals surface area contributed by atoms with Crippen LogP contribution in [-0.2, 0) is 14.3 Å². The fraction of sp³-hybridized carbons (Fsp3) is 0.960. The summed E-state index contributed by atoms with van der Waals surface area (Å²) in [7, 11) is -0.458. The molecule has 0 aromatic carbocycles. The lowest BCUT2D eigenvalue weighted by Gasteiger charge is -2.40. The molecule has 210 valence electrons. The summed E-state index contributed by atoms with van der Waals surface area (Å²) in [5.41, 5.74) is 0. The molecule has 1 saturated heterocycles. The minimum atomic E-state index is -1.58. The lowest BCUT2D eigenvalue weighted by Crippen LogP contribution is -2.59. The van der Waals surface area contributed by atoms with Gasteiger partial charge in [-0.25, -0.2) is 10.0 Å². The Morgan fingerprint density at radius 1 is 0.971 bits per heavy atom. The molecule has 35 heavy (non-hydrogen) atoms. The number of carbonyl (C=O) groups is 1. The van der Waals surface area contributed by atoms with Crippen molar-refractivity contribution in [3.8, 4) is 0 Å². The fourth-order valence-electron chi connectivity index (χ4n) is 4.14. The van der Waals surface area contributed by atoms with Crippen molar-refractivity contribution >= 4 is 15.8 Å². The van der Waals surface area contributed by atoms with Crippen molar-refractivity contribution in [3.05, 3.63) is 0 Å². The molecule has 9 nitrogen and oxygen atoms in total. The molecule has 0 aliphatic carbocycles. The van der Waals surface area contributed by atoms with E-state index in [1.165, 1.54) is 24.3 Å². The van der Waals surface area contributed by atoms with Gasteiger partial charge in [-0.2, -0.15) is 0 Å². The number of unbranched alkanes of at least 4 members (excludes halogenated alkanes) is 4. The van der Waals surface area contributed by atoms with E-state index in [9.17, 15) is 35.4 Å². The van der Waals surface area contributed by atoms with Crippen LogP contribution in [0.2, 0.25) is 0 Å². The van der Waals surface area contributed by atoms with E-state index in [2.05, 4.69) is 19.4 Å². The molecular weight excluding hydrogens is 476 g/mol. The van der Waals surface area contributed by atoms with Gasteiger partial charge < -0.3 is 40.1 Å². The molecule has 0 amide bonds. The van der Waals surface area contributed by atoms with Crippen molar-refractivity contribution in [3.63, 3.8) is 0 Å². The SMILES string of the molecule is CC[C@@H](O)[C@@H](O)[C@H](COC1OC(CO)C(O)C(O)C1O)CC(=O)CCCCCCCS(C)(C)CC. The van der Waals surface area contributed by atoms with E-state index in [0.717, 1.165) is 19.3 Å². The Kier molecular flexibility index (Phi) is 15.5. The van der Waals surface area contributed by atoms with Gasteiger partial charge in [-0.15, -0.1) is 0 Å². The van der Waals surface area contributed by atoms with Crippen molar-refractivity contribution < 1.29 is 44.9 Å². The van der Waals surface area contributed by atoms with Crippen LogP contribution in [-0.4, -0.2) is 117 Å². The Morgan fingerprint density at radius 3 is 2.20 bits per heavy atom. The zero-order valence-corrected chi connectivity index (χ0v) is 22.7. The fourth-order valence-corrected chi connectivity index (χ4v) is 5.42. The molecule has 6 N–H and O–H groups in total. The highest BCUT2D eigenvalue weighted by atomic mass is 32.3. The van der Waals surface area contributed by atoms with Crippen molar-refractivity contribution in [2.75, 3.05) is 37.2 Å². The van der Waals surface area contributed by atoms with Crippen molar-refractivity contribution in [2.45, 2.75) is 108 Å². The van der Waals surface area contributed by atoms with E-state index in [1.807, 2.05) is 0 Å². The van der Waals surface area contributed by atoms with E-state index < -0.39 is 65.5 Å². The summed E-state index contributed by atoms with van der Waals surface area (Å²) in [6, 6.07) is 0. The second kappa shape index (κ2) is 16.5. The van der Waals surface area contributed by atoms with E-state index in [0.29, 0.717) is 12.8 Å². The molecule has 0 aromatic rings. The maximum absolute atomic E-state index is 12.6. The summed E-state index contributed by atoms with van der Waals surface area (Å²) in [5, 5.41) is 60.0. The standard InChI is InChI=1S/C25H50O9S/c1-5-19(28)21(29)17(16-33-25-24(32)23(31)22(30)20(15-26)34-25)14-18(27)12-10-8-7-9-11-13-35(3,4)6-2/h17,19-26,28-32H,5-16H2,1-4H3/t17-,19+,20?,21-,22?,23?,24?,25?/m0/s1. The van der Waals surface area contributed by atoms with Gasteiger partial charge in [0.25, 0.3) is 0 Å². The zero-order valence-electron chi connectivity index (χ0n) is 21.9. The topological polar surface area (TPSA) is 157 Å². The van der Waals surface area contributed by atoms with Gasteiger partial charge >= 0.3 is 0 Å². The van der Waals surface area contributed by atoms with Crippen LogP contribution in [0.25, 0.3) is 0 Å². The summed E-state index contributed by atoms with van der Waals surface area (Å²) in [6.07, 6.45) is 1.29. The van der Waals surface area contributed by atoms with Gasteiger partial charge in [0.15, 0.2) is 6.29 Å². The number of aliphatic hydroxyl groups excluding tert-OH is 6. The average Bonchev–Trinajstić information content (AvgIpc) is 2.84. The first-order chi connectivity index (χ1) is 16.5. The van der Waals surface area contributed by atoms with Gasteiger partial charge in [-0.1, -0.05) is 33.1 Å². The van der Waals surface area contributed by atoms with Crippen LogP contribution in [0.4, 0.5) is 0 Å². The number of aliphatic hydroxyl groups is 6. The number of ether oxygens (including phenoxy) is 2. The molecule has 0 aromatic heterocycles. The minimum absolute atomic E-state index is 0.00367. The average molecular weight is 527 g/mol. The second-order valence-corrected chi connectivity index (χ2v) is 14.8. The minimum Gasteiger partial charge on any atom is -0.394 e. The Hall–Kier alpha value is -0.300. The number of carbonyl (C=O) groups excluding carboxylic acids is 1. The van der Waals surface area contributed by atoms with Gasteiger partial charge in [0.05, 0.1) is 25.4 Å². The molecular formula is C25H50O9S. The van der Waals surface area contributed by atoms with E-state index in [1.54, 1.807) is 6.92 Å². The summed E-state index contributed by atoms with van der Waals surface area (Å²) in [6.45, 7) is 3.18. The summed E-state index contributed by atoms with van der Waals surface area (Å²) in [4.78, 5) is 12.6. The van der Waals surface area contributed by atoms with Gasteiger partial charge in [0.2, 0.25) is 0 Å². The molecule has 5 unspecified atom stereocenters. The molecule has 10 heteroatoms. The molecule has 0 bridgehead atoms. The molecule has 0 radical (unpaired) electrons. The molecule has 0 spiro atoms. The van der Waals surface area contributed by atoms with Crippen LogP contribution < -0.4 is 0 Å². The Morgan fingerprint density at radius 2 is 1.60 bits per heavy atom. The molecule has 1 aliphatic rings. The van der Waals surface area contributed by atoms with Gasteiger partial charge in [0, 0.05) is 18.8 Å². The number of ketones is 1. The molecule has 8 atom stereocenters. The quantitative estimate of drug-likeness (QED) is 0.143. The van der Waals surface area contributed by atoms with Crippen molar-refractivity contribution in [1.82, 2.24) is 0 Å². The number of hydrogen-bond acceptors (Lipinski definition) is 9. The third-order valence-electron chi connectivity index (χ3n) is 7.04. The largest absolute Gasteiger partial charge is 0.394 e. The Bertz CT molecular complexity index is 589. The van der Waals surface area contributed by atoms with E-state index >= 15 is 0 Å². The van der Waals surface area contributed by atoms with Crippen LogP contribution in [0.3, 0.4) is 0 Å². The maximum atomic E-state index is 12.6. The van der Waals surface area contributed by atoms with Gasteiger partial charge in [-0.3, -0.25) is 4.79 Å². The van der Waals surface area contributed by atoms with Gasteiger partial charge in [-0.05, 0) is 43.3 Å². The molecule has 0 saturated carbocycles. The maximum Gasteiger partial charge on any atom is 0.186 e. The van der Waals surface area contributed by atoms with Crippen LogP contribution >= 0.6 is 10.0 Å².